The first kappa shape index (κ1) is 20.1. The summed E-state index contributed by atoms with van der Waals surface area (Å²) in [6.07, 6.45) is 1.04. The Bertz CT molecular complexity index is 750. The molecule has 0 aromatic heterocycles. The zero-order valence-electron chi connectivity index (χ0n) is 16.3. The first-order valence-electron chi connectivity index (χ1n) is 9.38. The van der Waals surface area contributed by atoms with Crippen molar-refractivity contribution in [2.24, 2.45) is 5.92 Å². The SMILES string of the molecule is COc1ccc(C(=O)N2CC[C@@]34OC[C@@H](C(C)C)N3C(=O)C[C@@H]24)cc1.O=CO. The lowest BCUT2D eigenvalue weighted by atomic mass is 10.0. The Balaban J connectivity index is 0.000000706. The molecule has 0 bridgehead atoms. The Labute approximate surface area is 164 Å². The van der Waals surface area contributed by atoms with Crippen LogP contribution in [-0.4, -0.2) is 71.3 Å². The van der Waals surface area contributed by atoms with Crippen LogP contribution in [0.4, 0.5) is 0 Å². The molecule has 3 heterocycles. The molecule has 1 spiro atoms. The molecule has 0 unspecified atom stereocenters. The van der Waals surface area contributed by atoms with E-state index in [1.54, 1.807) is 31.4 Å². The second-order valence-electron chi connectivity index (χ2n) is 7.53. The summed E-state index contributed by atoms with van der Waals surface area (Å²) in [6.45, 7) is 5.15. The van der Waals surface area contributed by atoms with Crippen LogP contribution in [0, 0.1) is 5.92 Å². The van der Waals surface area contributed by atoms with Crippen LogP contribution in [0.5, 0.6) is 5.75 Å². The Morgan fingerprint density at radius 2 is 2.00 bits per heavy atom. The molecule has 0 aliphatic carbocycles. The molecular formula is C20H26N2O6. The quantitative estimate of drug-likeness (QED) is 0.788. The third-order valence-corrected chi connectivity index (χ3v) is 5.86. The number of carboxylic acid groups (broad SMARTS) is 1. The Morgan fingerprint density at radius 3 is 2.57 bits per heavy atom. The fraction of sp³-hybridized carbons (Fsp3) is 0.550. The summed E-state index contributed by atoms with van der Waals surface area (Å²) < 4.78 is 11.3. The monoisotopic (exact) mass is 390 g/mol. The summed E-state index contributed by atoms with van der Waals surface area (Å²) >= 11 is 0. The fourth-order valence-corrected chi connectivity index (χ4v) is 4.51. The van der Waals surface area contributed by atoms with Gasteiger partial charge in [0.25, 0.3) is 12.4 Å². The molecule has 2 amide bonds. The molecular weight excluding hydrogens is 364 g/mol. The van der Waals surface area contributed by atoms with Gasteiger partial charge in [0.2, 0.25) is 5.91 Å². The van der Waals surface area contributed by atoms with Crippen molar-refractivity contribution in [3.63, 3.8) is 0 Å². The summed E-state index contributed by atoms with van der Waals surface area (Å²) in [5, 5.41) is 6.89. The van der Waals surface area contributed by atoms with Gasteiger partial charge < -0.3 is 24.4 Å². The molecule has 1 aromatic rings. The van der Waals surface area contributed by atoms with Crippen molar-refractivity contribution in [3.05, 3.63) is 29.8 Å². The maximum atomic E-state index is 13.0. The van der Waals surface area contributed by atoms with Crippen LogP contribution in [0.3, 0.4) is 0 Å². The van der Waals surface area contributed by atoms with Gasteiger partial charge in [0.1, 0.15) is 5.75 Å². The number of amides is 2. The maximum absolute atomic E-state index is 13.0. The zero-order chi connectivity index (χ0) is 20.5. The van der Waals surface area contributed by atoms with E-state index in [0.717, 1.165) is 5.75 Å². The second-order valence-corrected chi connectivity index (χ2v) is 7.53. The molecule has 152 valence electrons. The molecule has 0 saturated carbocycles. The number of ether oxygens (including phenoxy) is 2. The predicted molar refractivity (Wildman–Crippen MR) is 99.9 cm³/mol. The second kappa shape index (κ2) is 7.79. The number of nitrogens with zero attached hydrogens (tertiary/aromatic N) is 2. The molecule has 3 atom stereocenters. The van der Waals surface area contributed by atoms with Crippen molar-refractivity contribution in [2.75, 3.05) is 20.3 Å². The zero-order valence-corrected chi connectivity index (χ0v) is 16.3. The third-order valence-electron chi connectivity index (χ3n) is 5.86. The predicted octanol–water partition coefficient (Wildman–Crippen LogP) is 1.59. The maximum Gasteiger partial charge on any atom is 0.290 e. The molecule has 4 rings (SSSR count). The van der Waals surface area contributed by atoms with Crippen LogP contribution in [0.1, 0.15) is 37.0 Å². The summed E-state index contributed by atoms with van der Waals surface area (Å²) in [5.41, 5.74) is -0.00381. The van der Waals surface area contributed by atoms with Gasteiger partial charge in [-0.3, -0.25) is 14.4 Å². The van der Waals surface area contributed by atoms with Gasteiger partial charge in [-0.2, -0.15) is 0 Å². The average Bonchev–Trinajstić information content (AvgIpc) is 3.31. The van der Waals surface area contributed by atoms with Crippen molar-refractivity contribution in [1.29, 1.82) is 0 Å². The van der Waals surface area contributed by atoms with E-state index in [0.29, 0.717) is 37.5 Å². The van der Waals surface area contributed by atoms with Gasteiger partial charge in [-0.25, -0.2) is 0 Å². The third kappa shape index (κ3) is 3.11. The first-order valence-corrected chi connectivity index (χ1v) is 9.38. The van der Waals surface area contributed by atoms with Gasteiger partial charge in [0.05, 0.1) is 32.2 Å². The van der Waals surface area contributed by atoms with Crippen LogP contribution < -0.4 is 4.74 Å². The smallest absolute Gasteiger partial charge is 0.290 e. The van der Waals surface area contributed by atoms with Crippen molar-refractivity contribution in [1.82, 2.24) is 9.80 Å². The van der Waals surface area contributed by atoms with Crippen LogP contribution in [0.2, 0.25) is 0 Å². The average molecular weight is 390 g/mol. The lowest BCUT2D eigenvalue weighted by Gasteiger charge is -2.34. The summed E-state index contributed by atoms with van der Waals surface area (Å²) in [7, 11) is 1.60. The van der Waals surface area contributed by atoms with Gasteiger partial charge in [-0.05, 0) is 30.2 Å². The molecule has 3 fully saturated rings. The van der Waals surface area contributed by atoms with E-state index in [1.807, 2.05) is 9.80 Å². The lowest BCUT2D eigenvalue weighted by Crippen LogP contribution is -2.51. The molecule has 0 radical (unpaired) electrons. The number of hydrogen-bond acceptors (Lipinski definition) is 5. The Hall–Kier alpha value is -2.61. The van der Waals surface area contributed by atoms with Crippen LogP contribution in [0.25, 0.3) is 0 Å². The van der Waals surface area contributed by atoms with Crippen molar-refractivity contribution < 1.29 is 29.0 Å². The number of carbonyl (C=O) groups is 3. The van der Waals surface area contributed by atoms with Crippen LogP contribution in [0.15, 0.2) is 24.3 Å². The van der Waals surface area contributed by atoms with E-state index in [2.05, 4.69) is 13.8 Å². The molecule has 28 heavy (non-hydrogen) atoms. The highest BCUT2D eigenvalue weighted by Gasteiger charge is 2.65. The highest BCUT2D eigenvalue weighted by atomic mass is 16.5. The normalized spacial score (nSPS) is 27.9. The number of likely N-dealkylation sites (tertiary alicyclic amines) is 1. The number of carbonyl (C=O) groups excluding carboxylic acids is 2. The number of methoxy groups -OCH3 is 1. The molecule has 8 heteroatoms. The minimum absolute atomic E-state index is 0.0456. The first-order chi connectivity index (χ1) is 13.4. The van der Waals surface area contributed by atoms with Crippen molar-refractivity contribution in [3.8, 4) is 5.75 Å². The molecule has 3 aliphatic heterocycles. The molecule has 1 aromatic carbocycles. The highest BCUT2D eigenvalue weighted by molar-refractivity contribution is 5.96. The van der Waals surface area contributed by atoms with Crippen molar-refractivity contribution >= 4 is 18.3 Å². The Morgan fingerprint density at radius 1 is 1.36 bits per heavy atom. The largest absolute Gasteiger partial charge is 0.497 e. The summed E-state index contributed by atoms with van der Waals surface area (Å²) in [4.78, 5) is 37.8. The van der Waals surface area contributed by atoms with Crippen LogP contribution >= 0.6 is 0 Å². The Kier molecular flexibility index (Phi) is 5.60. The highest BCUT2D eigenvalue weighted by Crippen LogP contribution is 2.49. The van der Waals surface area contributed by atoms with E-state index in [9.17, 15) is 9.59 Å². The van der Waals surface area contributed by atoms with E-state index < -0.39 is 5.72 Å². The lowest BCUT2D eigenvalue weighted by molar-refractivity contribution is -0.139. The fourth-order valence-electron chi connectivity index (χ4n) is 4.51. The van der Waals surface area contributed by atoms with Gasteiger partial charge in [-0.1, -0.05) is 13.8 Å². The molecule has 3 saturated heterocycles. The summed E-state index contributed by atoms with van der Waals surface area (Å²) in [5.74, 6) is 1.12. The van der Waals surface area contributed by atoms with Crippen molar-refractivity contribution in [2.45, 2.75) is 44.5 Å². The van der Waals surface area contributed by atoms with Gasteiger partial charge in [-0.15, -0.1) is 0 Å². The van der Waals surface area contributed by atoms with Gasteiger partial charge in [0.15, 0.2) is 5.72 Å². The molecule has 1 N–H and O–H groups in total. The molecule has 3 aliphatic rings. The van der Waals surface area contributed by atoms with E-state index in [1.165, 1.54) is 0 Å². The van der Waals surface area contributed by atoms with E-state index in [4.69, 9.17) is 19.4 Å². The van der Waals surface area contributed by atoms with E-state index >= 15 is 0 Å². The van der Waals surface area contributed by atoms with Gasteiger partial charge in [0, 0.05) is 18.5 Å². The topological polar surface area (TPSA) is 96.4 Å². The number of hydrogen-bond donors (Lipinski definition) is 1. The number of rotatable bonds is 3. The minimum Gasteiger partial charge on any atom is -0.497 e. The van der Waals surface area contributed by atoms with E-state index in [-0.39, 0.29) is 30.4 Å². The standard InChI is InChI=1S/C19H24N2O4.CH2O2/c1-12(2)15-11-25-19-8-9-20(16(19)10-17(22)21(15)19)18(23)13-4-6-14(24-3)7-5-13;2-1-3/h4-7,12,15-16H,8-11H2,1-3H3;1H,(H,2,3)/t15-,16+,19-;/m0./s1. The van der Waals surface area contributed by atoms with Gasteiger partial charge >= 0.3 is 0 Å². The van der Waals surface area contributed by atoms with Crippen LogP contribution in [-0.2, 0) is 14.3 Å². The minimum atomic E-state index is -0.617. The number of benzene rings is 1. The molecule has 8 nitrogen and oxygen atoms in total. The summed E-state index contributed by atoms with van der Waals surface area (Å²) in [6, 6.07) is 7.02.